The van der Waals surface area contributed by atoms with Crippen LogP contribution in [-0.4, -0.2) is 12.6 Å². The Bertz CT molecular complexity index is 166. The molecule has 0 spiro atoms. The Balaban J connectivity index is 2.96. The first kappa shape index (κ1) is 16.5. The summed E-state index contributed by atoms with van der Waals surface area (Å²) in [4.78, 5) is 10.8. The average Bonchev–Trinajstić information content (AvgIpc) is 2.35. The fourth-order valence-electron chi connectivity index (χ4n) is 1.85. The molecule has 0 N–H and O–H groups in total. The van der Waals surface area contributed by atoms with E-state index < -0.39 is 0 Å². The van der Waals surface area contributed by atoms with Gasteiger partial charge in [0.2, 0.25) is 0 Å². The second kappa shape index (κ2) is 13.5. The number of hydrogen-bond donors (Lipinski definition) is 0. The predicted octanol–water partition coefficient (Wildman–Crippen LogP) is 4.67. The summed E-state index contributed by atoms with van der Waals surface area (Å²) in [6, 6.07) is 0. The third-order valence-corrected chi connectivity index (χ3v) is 2.97. The molecule has 17 heavy (non-hydrogen) atoms. The second-order valence-corrected chi connectivity index (χ2v) is 4.65. The van der Waals surface area contributed by atoms with E-state index in [0.717, 1.165) is 6.42 Å². The highest BCUT2D eigenvalue weighted by molar-refractivity contribution is 5.69. The zero-order valence-electron chi connectivity index (χ0n) is 11.5. The lowest BCUT2D eigenvalue weighted by molar-refractivity contribution is -0.142. The Morgan fingerprint density at radius 1 is 0.882 bits per heavy atom. The Labute approximate surface area is 107 Å². The Morgan fingerprint density at radius 3 is 1.82 bits per heavy atom. The van der Waals surface area contributed by atoms with E-state index in [0.29, 0.717) is 6.61 Å². The Morgan fingerprint density at radius 2 is 1.35 bits per heavy atom. The van der Waals surface area contributed by atoms with Gasteiger partial charge in [0.25, 0.3) is 0 Å². The monoisotopic (exact) mass is 241 g/mol. The summed E-state index contributed by atoms with van der Waals surface area (Å²) >= 11 is 0. The second-order valence-electron chi connectivity index (χ2n) is 4.65. The van der Waals surface area contributed by atoms with Crippen molar-refractivity contribution in [2.75, 3.05) is 6.61 Å². The molecule has 0 fully saturated rings. The van der Waals surface area contributed by atoms with Gasteiger partial charge in [0.1, 0.15) is 0 Å². The van der Waals surface area contributed by atoms with Gasteiger partial charge in [0, 0.05) is 6.42 Å². The minimum atomic E-state index is -0.180. The summed E-state index contributed by atoms with van der Waals surface area (Å²) in [7, 11) is 0. The van der Waals surface area contributed by atoms with Crippen molar-refractivity contribution in [3.63, 3.8) is 0 Å². The maximum atomic E-state index is 10.8. The SMILES string of the molecule is [CH2]CC(=O)OCCCCCCCCCCCC. The van der Waals surface area contributed by atoms with Crippen LogP contribution < -0.4 is 0 Å². The molecule has 0 aliphatic heterocycles. The minimum Gasteiger partial charge on any atom is -0.466 e. The third kappa shape index (κ3) is 13.4. The van der Waals surface area contributed by atoms with Gasteiger partial charge >= 0.3 is 5.97 Å². The van der Waals surface area contributed by atoms with Crippen LogP contribution in [-0.2, 0) is 9.53 Å². The zero-order valence-corrected chi connectivity index (χ0v) is 11.5. The number of carbonyl (C=O) groups excluding carboxylic acids is 1. The van der Waals surface area contributed by atoms with Crippen molar-refractivity contribution in [2.45, 2.75) is 77.6 Å². The lowest BCUT2D eigenvalue weighted by Crippen LogP contribution is -2.03. The van der Waals surface area contributed by atoms with Gasteiger partial charge in [-0.05, 0) is 13.3 Å². The molecule has 0 aromatic heterocycles. The van der Waals surface area contributed by atoms with Crippen LogP contribution in [0.4, 0.5) is 0 Å². The fraction of sp³-hybridized carbons (Fsp3) is 0.867. The number of rotatable bonds is 12. The maximum Gasteiger partial charge on any atom is 0.305 e. The average molecular weight is 241 g/mol. The van der Waals surface area contributed by atoms with E-state index in [1.165, 1.54) is 57.8 Å². The molecule has 0 amide bonds. The van der Waals surface area contributed by atoms with E-state index in [-0.39, 0.29) is 12.4 Å². The van der Waals surface area contributed by atoms with Crippen LogP contribution in [0.15, 0.2) is 0 Å². The van der Waals surface area contributed by atoms with Crippen molar-refractivity contribution >= 4 is 5.97 Å². The van der Waals surface area contributed by atoms with Crippen LogP contribution in [0.5, 0.6) is 0 Å². The summed E-state index contributed by atoms with van der Waals surface area (Å²) in [5.41, 5.74) is 0. The Kier molecular flexibility index (Phi) is 13.1. The quantitative estimate of drug-likeness (QED) is 0.366. The normalized spacial score (nSPS) is 10.5. The molecule has 0 aliphatic carbocycles. The molecule has 2 heteroatoms. The number of hydrogen-bond acceptors (Lipinski definition) is 2. The standard InChI is InChI=1S/C15H29O2/c1-3-5-6-7-8-9-10-11-12-13-14-17-15(16)4-2/h2-14H2,1H3. The summed E-state index contributed by atoms with van der Waals surface area (Å²) in [5.74, 6) is -0.180. The van der Waals surface area contributed by atoms with E-state index >= 15 is 0 Å². The first-order valence-corrected chi connectivity index (χ1v) is 7.26. The highest BCUT2D eigenvalue weighted by Crippen LogP contribution is 2.10. The van der Waals surface area contributed by atoms with E-state index in [4.69, 9.17) is 4.74 Å². The van der Waals surface area contributed by atoms with Crippen molar-refractivity contribution in [3.8, 4) is 0 Å². The van der Waals surface area contributed by atoms with Crippen LogP contribution in [0.3, 0.4) is 0 Å². The predicted molar refractivity (Wildman–Crippen MR) is 72.8 cm³/mol. The zero-order chi connectivity index (χ0) is 12.8. The fourth-order valence-corrected chi connectivity index (χ4v) is 1.85. The molecular weight excluding hydrogens is 212 g/mol. The molecular formula is C15H29O2. The van der Waals surface area contributed by atoms with Crippen molar-refractivity contribution < 1.29 is 9.53 Å². The topological polar surface area (TPSA) is 26.3 Å². The minimum absolute atomic E-state index is 0.180. The van der Waals surface area contributed by atoms with Crippen LogP contribution in [0.25, 0.3) is 0 Å². The van der Waals surface area contributed by atoms with Crippen molar-refractivity contribution in [3.05, 3.63) is 6.92 Å². The van der Waals surface area contributed by atoms with Gasteiger partial charge in [0.15, 0.2) is 0 Å². The van der Waals surface area contributed by atoms with Gasteiger partial charge in [0.05, 0.1) is 6.61 Å². The van der Waals surface area contributed by atoms with E-state index in [2.05, 4.69) is 13.8 Å². The molecule has 0 atom stereocenters. The lowest BCUT2D eigenvalue weighted by atomic mass is 10.1. The first-order chi connectivity index (χ1) is 8.31. The summed E-state index contributed by atoms with van der Waals surface area (Å²) in [6.07, 6.45) is 13.3. The molecule has 0 aliphatic rings. The van der Waals surface area contributed by atoms with Crippen LogP contribution in [0.1, 0.15) is 77.6 Å². The highest BCUT2D eigenvalue weighted by atomic mass is 16.5. The molecule has 0 rings (SSSR count). The summed E-state index contributed by atoms with van der Waals surface area (Å²) in [5, 5.41) is 0. The largest absolute Gasteiger partial charge is 0.466 e. The molecule has 0 aromatic rings. The van der Waals surface area contributed by atoms with Crippen LogP contribution in [0.2, 0.25) is 0 Å². The van der Waals surface area contributed by atoms with Gasteiger partial charge in [-0.15, -0.1) is 0 Å². The van der Waals surface area contributed by atoms with Crippen molar-refractivity contribution in [1.29, 1.82) is 0 Å². The number of ether oxygens (including phenoxy) is 1. The summed E-state index contributed by atoms with van der Waals surface area (Å²) < 4.78 is 4.96. The smallest absolute Gasteiger partial charge is 0.305 e. The van der Waals surface area contributed by atoms with Gasteiger partial charge in [-0.3, -0.25) is 4.79 Å². The maximum absolute atomic E-state index is 10.8. The lowest BCUT2D eigenvalue weighted by Gasteiger charge is -2.03. The number of carbonyl (C=O) groups is 1. The van der Waals surface area contributed by atoms with E-state index in [1.54, 1.807) is 0 Å². The first-order valence-electron chi connectivity index (χ1n) is 7.26. The molecule has 0 saturated carbocycles. The van der Waals surface area contributed by atoms with Crippen LogP contribution >= 0.6 is 0 Å². The van der Waals surface area contributed by atoms with Gasteiger partial charge in [-0.1, -0.05) is 64.7 Å². The third-order valence-electron chi connectivity index (χ3n) is 2.97. The van der Waals surface area contributed by atoms with Crippen molar-refractivity contribution in [2.24, 2.45) is 0 Å². The molecule has 101 valence electrons. The van der Waals surface area contributed by atoms with Crippen LogP contribution in [0, 0.1) is 6.92 Å². The molecule has 2 nitrogen and oxygen atoms in total. The van der Waals surface area contributed by atoms with Gasteiger partial charge < -0.3 is 4.74 Å². The molecule has 0 bridgehead atoms. The highest BCUT2D eigenvalue weighted by Gasteiger charge is 1.97. The Hall–Kier alpha value is -0.530. The molecule has 0 aromatic carbocycles. The van der Waals surface area contributed by atoms with E-state index in [9.17, 15) is 4.79 Å². The molecule has 0 heterocycles. The number of esters is 1. The summed E-state index contributed by atoms with van der Waals surface area (Å²) in [6.45, 7) is 6.31. The molecule has 0 saturated heterocycles. The van der Waals surface area contributed by atoms with E-state index in [1.807, 2.05) is 0 Å². The van der Waals surface area contributed by atoms with Crippen molar-refractivity contribution in [1.82, 2.24) is 0 Å². The molecule has 0 unspecified atom stereocenters. The molecule has 1 radical (unpaired) electrons. The number of unbranched alkanes of at least 4 members (excludes halogenated alkanes) is 9. The van der Waals surface area contributed by atoms with Gasteiger partial charge in [-0.2, -0.15) is 0 Å². The van der Waals surface area contributed by atoms with Gasteiger partial charge in [-0.25, -0.2) is 0 Å².